The quantitative estimate of drug-likeness (QED) is 0.841. The highest BCUT2D eigenvalue weighted by Crippen LogP contribution is 2.44. The zero-order valence-corrected chi connectivity index (χ0v) is 15.9. The molecule has 5 heterocycles. The topological polar surface area (TPSA) is 41.5 Å². The molecule has 3 saturated heterocycles. The summed E-state index contributed by atoms with van der Waals surface area (Å²) in [7, 11) is 0. The van der Waals surface area contributed by atoms with E-state index in [1.165, 1.54) is 36.3 Å². The third kappa shape index (κ3) is 2.66. The number of ether oxygens (including phenoxy) is 1. The number of aryl methyl sites for hydroxylation is 1. The highest BCUT2D eigenvalue weighted by Gasteiger charge is 2.50. The van der Waals surface area contributed by atoms with Crippen LogP contribution in [0.3, 0.4) is 0 Å². The summed E-state index contributed by atoms with van der Waals surface area (Å²) in [6.07, 6.45) is 4.10. The average molecular weight is 359 g/mol. The Morgan fingerprint density at radius 3 is 2.80 bits per heavy atom. The first kappa shape index (κ1) is 16.0. The van der Waals surface area contributed by atoms with E-state index < -0.39 is 0 Å². The number of hydrogen-bond acceptors (Lipinski definition) is 6. The van der Waals surface area contributed by atoms with Crippen LogP contribution in [0.15, 0.2) is 12.4 Å². The molecule has 0 atom stereocenters. The van der Waals surface area contributed by atoms with E-state index in [0.29, 0.717) is 10.8 Å². The van der Waals surface area contributed by atoms with E-state index in [2.05, 4.69) is 39.7 Å². The van der Waals surface area contributed by atoms with E-state index in [4.69, 9.17) is 4.74 Å². The molecule has 0 bridgehead atoms. The Morgan fingerprint density at radius 2 is 2.08 bits per heavy atom. The van der Waals surface area contributed by atoms with Gasteiger partial charge in [0.1, 0.15) is 17.0 Å². The number of fused-ring (bicyclic) bond motifs is 1. The van der Waals surface area contributed by atoms with Gasteiger partial charge in [-0.05, 0) is 18.9 Å². The first-order valence-corrected chi connectivity index (χ1v) is 10.2. The van der Waals surface area contributed by atoms with Crippen molar-refractivity contribution in [3.8, 4) is 0 Å². The summed E-state index contributed by atoms with van der Waals surface area (Å²) in [5.74, 6) is 1.15. The smallest absolute Gasteiger partial charge is 0.140 e. The molecule has 3 fully saturated rings. The van der Waals surface area contributed by atoms with Crippen LogP contribution in [0.1, 0.15) is 25.1 Å². The Kier molecular flexibility index (Phi) is 3.60. The SMILES string of the molecule is CCc1cc2c(N3CCC4(CN(CC5(C)COC5)C4)C3)ncnc2s1. The molecular formula is C19H26N4OS. The first-order chi connectivity index (χ1) is 12.1. The van der Waals surface area contributed by atoms with Crippen LogP contribution in [0.2, 0.25) is 0 Å². The molecule has 3 aliphatic rings. The van der Waals surface area contributed by atoms with Crippen molar-refractivity contribution in [1.29, 1.82) is 0 Å². The second kappa shape index (κ2) is 5.63. The van der Waals surface area contributed by atoms with E-state index >= 15 is 0 Å². The fraction of sp³-hybridized carbons (Fsp3) is 0.684. The number of anilines is 1. The molecule has 0 aromatic carbocycles. The van der Waals surface area contributed by atoms with Crippen molar-refractivity contribution in [3.63, 3.8) is 0 Å². The highest BCUT2D eigenvalue weighted by atomic mass is 32.1. The molecule has 3 aliphatic heterocycles. The van der Waals surface area contributed by atoms with Crippen molar-refractivity contribution in [2.45, 2.75) is 26.7 Å². The molecule has 5 nitrogen and oxygen atoms in total. The van der Waals surface area contributed by atoms with Crippen molar-refractivity contribution in [2.75, 3.05) is 50.8 Å². The Hall–Kier alpha value is -1.24. The van der Waals surface area contributed by atoms with Crippen molar-refractivity contribution >= 4 is 27.4 Å². The molecule has 6 heteroatoms. The predicted molar refractivity (Wildman–Crippen MR) is 101 cm³/mol. The fourth-order valence-electron chi connectivity index (χ4n) is 4.79. The van der Waals surface area contributed by atoms with E-state index in [0.717, 1.165) is 43.4 Å². The average Bonchev–Trinajstić information content (AvgIpc) is 3.16. The molecule has 0 amide bonds. The number of nitrogens with zero attached hydrogens (tertiary/aromatic N) is 4. The van der Waals surface area contributed by atoms with Gasteiger partial charge in [-0.2, -0.15) is 0 Å². The lowest BCUT2D eigenvalue weighted by Crippen LogP contribution is -2.62. The third-order valence-corrected chi connectivity index (χ3v) is 7.26. The van der Waals surface area contributed by atoms with E-state index in [-0.39, 0.29) is 0 Å². The molecule has 0 aliphatic carbocycles. The minimum Gasteiger partial charge on any atom is -0.380 e. The summed E-state index contributed by atoms with van der Waals surface area (Å²) in [6, 6.07) is 2.30. The lowest BCUT2D eigenvalue weighted by Gasteiger charge is -2.52. The van der Waals surface area contributed by atoms with Gasteiger partial charge in [0, 0.05) is 48.4 Å². The van der Waals surface area contributed by atoms with Crippen LogP contribution < -0.4 is 4.90 Å². The van der Waals surface area contributed by atoms with Gasteiger partial charge < -0.3 is 14.5 Å². The van der Waals surface area contributed by atoms with E-state index in [1.807, 2.05) is 11.3 Å². The summed E-state index contributed by atoms with van der Waals surface area (Å²) in [5.41, 5.74) is 0.869. The van der Waals surface area contributed by atoms with Crippen LogP contribution in [-0.2, 0) is 11.2 Å². The van der Waals surface area contributed by atoms with Gasteiger partial charge in [0.25, 0.3) is 0 Å². The second-order valence-corrected chi connectivity index (χ2v) is 9.72. The minimum atomic E-state index is 0.395. The summed E-state index contributed by atoms with van der Waals surface area (Å²) in [5, 5.41) is 1.25. The monoisotopic (exact) mass is 358 g/mol. The lowest BCUT2D eigenvalue weighted by molar-refractivity contribution is -0.135. The molecule has 2 aromatic rings. The van der Waals surface area contributed by atoms with Crippen LogP contribution in [0.4, 0.5) is 5.82 Å². The van der Waals surface area contributed by atoms with Crippen LogP contribution in [0.25, 0.3) is 10.2 Å². The summed E-state index contributed by atoms with van der Waals surface area (Å²) < 4.78 is 5.40. The predicted octanol–water partition coefficient (Wildman–Crippen LogP) is 2.80. The Bertz CT molecular complexity index is 794. The fourth-order valence-corrected chi connectivity index (χ4v) is 5.72. The van der Waals surface area contributed by atoms with Crippen LogP contribution >= 0.6 is 11.3 Å². The van der Waals surface area contributed by atoms with Crippen molar-refractivity contribution in [1.82, 2.24) is 14.9 Å². The molecule has 2 aromatic heterocycles. The van der Waals surface area contributed by atoms with E-state index in [9.17, 15) is 0 Å². The maximum atomic E-state index is 5.40. The van der Waals surface area contributed by atoms with Gasteiger partial charge in [0.15, 0.2) is 0 Å². The van der Waals surface area contributed by atoms with Gasteiger partial charge in [-0.3, -0.25) is 0 Å². The largest absolute Gasteiger partial charge is 0.380 e. The highest BCUT2D eigenvalue weighted by molar-refractivity contribution is 7.18. The van der Waals surface area contributed by atoms with Crippen LogP contribution in [-0.4, -0.2) is 60.8 Å². The van der Waals surface area contributed by atoms with Crippen molar-refractivity contribution < 1.29 is 4.74 Å². The first-order valence-electron chi connectivity index (χ1n) is 9.37. The standard InChI is InChI=1S/C19H26N4OS/c1-3-14-6-15-16(20-13-21-17(15)25-14)23-5-4-19(10-23)8-22(9-19)7-18(2)11-24-12-18/h6,13H,3-5,7-12H2,1-2H3. The maximum Gasteiger partial charge on any atom is 0.140 e. The normalized spacial score (nSPS) is 24.6. The summed E-state index contributed by atoms with van der Waals surface area (Å²) in [6.45, 7) is 12.3. The van der Waals surface area contributed by atoms with Crippen LogP contribution in [0, 0.1) is 10.8 Å². The number of likely N-dealkylation sites (tertiary alicyclic amines) is 1. The molecule has 0 saturated carbocycles. The van der Waals surface area contributed by atoms with Gasteiger partial charge >= 0.3 is 0 Å². The van der Waals surface area contributed by atoms with E-state index in [1.54, 1.807) is 6.33 Å². The van der Waals surface area contributed by atoms with Crippen LogP contribution in [0.5, 0.6) is 0 Å². The molecule has 25 heavy (non-hydrogen) atoms. The molecule has 5 rings (SSSR count). The minimum absolute atomic E-state index is 0.395. The number of rotatable bonds is 4. The van der Waals surface area contributed by atoms with Crippen molar-refractivity contribution in [3.05, 3.63) is 17.3 Å². The Labute approximate surface area is 153 Å². The molecule has 0 radical (unpaired) electrons. The maximum absolute atomic E-state index is 5.40. The van der Waals surface area contributed by atoms with Gasteiger partial charge in [-0.25, -0.2) is 9.97 Å². The van der Waals surface area contributed by atoms with Gasteiger partial charge in [0.05, 0.1) is 18.6 Å². The molecule has 134 valence electrons. The lowest BCUT2D eigenvalue weighted by atomic mass is 9.76. The number of hydrogen-bond donors (Lipinski definition) is 0. The van der Waals surface area contributed by atoms with Gasteiger partial charge in [0.2, 0.25) is 0 Å². The molecular weight excluding hydrogens is 332 g/mol. The molecule has 0 unspecified atom stereocenters. The molecule has 0 N–H and O–H groups in total. The van der Waals surface area contributed by atoms with Gasteiger partial charge in [-0.1, -0.05) is 13.8 Å². The Morgan fingerprint density at radius 1 is 1.24 bits per heavy atom. The third-order valence-electron chi connectivity index (χ3n) is 6.07. The molecule has 1 spiro atoms. The van der Waals surface area contributed by atoms with Crippen molar-refractivity contribution in [2.24, 2.45) is 10.8 Å². The summed E-state index contributed by atoms with van der Waals surface area (Å²) >= 11 is 1.81. The number of thiophene rings is 1. The number of aromatic nitrogens is 2. The second-order valence-electron chi connectivity index (χ2n) is 8.60. The zero-order chi connectivity index (χ0) is 17.1. The summed E-state index contributed by atoms with van der Waals surface area (Å²) in [4.78, 5) is 16.8. The Balaban J connectivity index is 1.29. The zero-order valence-electron chi connectivity index (χ0n) is 15.1. The van der Waals surface area contributed by atoms with Gasteiger partial charge in [-0.15, -0.1) is 11.3 Å².